The van der Waals surface area contributed by atoms with Crippen LogP contribution in [0, 0.1) is 20.8 Å². The Morgan fingerprint density at radius 3 is 2.43 bits per heavy atom. The van der Waals surface area contributed by atoms with Gasteiger partial charge in [-0.25, -0.2) is 4.98 Å². The van der Waals surface area contributed by atoms with Gasteiger partial charge < -0.3 is 20.1 Å². The average Bonchev–Trinajstić information content (AvgIpc) is 3.09. The molecule has 30 heavy (non-hydrogen) atoms. The zero-order chi connectivity index (χ0) is 21.8. The third-order valence-corrected chi connectivity index (χ3v) is 5.95. The number of benzene rings is 2. The van der Waals surface area contributed by atoms with E-state index in [1.165, 1.54) is 16.9 Å². The molecule has 6 nitrogen and oxygen atoms in total. The first kappa shape index (κ1) is 21.6. The minimum Gasteiger partial charge on any atom is -0.493 e. The molecule has 3 aromatic rings. The molecule has 3 rings (SSSR count). The summed E-state index contributed by atoms with van der Waals surface area (Å²) in [6, 6.07) is 11.6. The molecule has 1 heterocycles. The van der Waals surface area contributed by atoms with Crippen molar-refractivity contribution < 1.29 is 14.3 Å². The van der Waals surface area contributed by atoms with Crippen LogP contribution in [0.25, 0.3) is 0 Å². The molecule has 1 atom stereocenters. The number of aromatic nitrogens is 1. The summed E-state index contributed by atoms with van der Waals surface area (Å²) in [6.07, 6.45) is 0. The van der Waals surface area contributed by atoms with Crippen LogP contribution in [0.5, 0.6) is 11.5 Å². The SMILES string of the molecule is COc1ccc([C@H](C)NC(=O)c2sc(Nc3ccc(C)cc3C)nc2C)cc1OC. The van der Waals surface area contributed by atoms with E-state index in [0.29, 0.717) is 27.2 Å². The molecule has 1 amide bonds. The number of amides is 1. The highest BCUT2D eigenvalue weighted by Gasteiger charge is 2.19. The lowest BCUT2D eigenvalue weighted by Crippen LogP contribution is -2.26. The number of rotatable bonds is 7. The smallest absolute Gasteiger partial charge is 0.263 e. The molecule has 2 N–H and O–H groups in total. The maximum absolute atomic E-state index is 12.9. The minimum absolute atomic E-state index is 0.152. The van der Waals surface area contributed by atoms with Gasteiger partial charge in [-0.05, 0) is 57.0 Å². The van der Waals surface area contributed by atoms with Gasteiger partial charge in [0.05, 0.1) is 26.0 Å². The van der Waals surface area contributed by atoms with Crippen molar-refractivity contribution in [2.45, 2.75) is 33.7 Å². The highest BCUT2D eigenvalue weighted by atomic mass is 32.1. The lowest BCUT2D eigenvalue weighted by Gasteiger charge is -2.16. The molecule has 0 fully saturated rings. The van der Waals surface area contributed by atoms with E-state index >= 15 is 0 Å². The number of carbonyl (C=O) groups excluding carboxylic acids is 1. The molecule has 7 heteroatoms. The van der Waals surface area contributed by atoms with E-state index in [2.05, 4.69) is 28.6 Å². The summed E-state index contributed by atoms with van der Waals surface area (Å²) in [5.74, 6) is 1.13. The van der Waals surface area contributed by atoms with E-state index in [-0.39, 0.29) is 11.9 Å². The van der Waals surface area contributed by atoms with Crippen molar-refractivity contribution in [3.8, 4) is 11.5 Å². The fourth-order valence-electron chi connectivity index (χ4n) is 3.20. The minimum atomic E-state index is -0.199. The van der Waals surface area contributed by atoms with Crippen molar-refractivity contribution in [1.82, 2.24) is 10.3 Å². The number of nitrogens with zero attached hydrogens (tertiary/aromatic N) is 1. The average molecular weight is 426 g/mol. The largest absolute Gasteiger partial charge is 0.493 e. The van der Waals surface area contributed by atoms with Gasteiger partial charge in [0.1, 0.15) is 4.88 Å². The predicted octanol–water partition coefficient (Wildman–Crippen LogP) is 5.32. The number of thiazole rings is 1. The number of hydrogen-bond acceptors (Lipinski definition) is 6. The molecule has 0 spiro atoms. The molecule has 1 aromatic heterocycles. The first-order chi connectivity index (χ1) is 14.3. The number of ether oxygens (including phenoxy) is 2. The van der Waals surface area contributed by atoms with Crippen LogP contribution in [0.3, 0.4) is 0 Å². The van der Waals surface area contributed by atoms with E-state index in [4.69, 9.17) is 9.47 Å². The van der Waals surface area contributed by atoms with Crippen molar-refractivity contribution >= 4 is 28.1 Å². The fourth-order valence-corrected chi connectivity index (χ4v) is 4.08. The summed E-state index contributed by atoms with van der Waals surface area (Å²) in [7, 11) is 3.19. The monoisotopic (exact) mass is 425 g/mol. The quantitative estimate of drug-likeness (QED) is 0.536. The van der Waals surface area contributed by atoms with Crippen molar-refractivity contribution in [1.29, 1.82) is 0 Å². The third kappa shape index (κ3) is 4.74. The highest BCUT2D eigenvalue weighted by molar-refractivity contribution is 7.17. The van der Waals surface area contributed by atoms with Gasteiger partial charge in [-0.2, -0.15) is 0 Å². The van der Waals surface area contributed by atoms with Crippen molar-refractivity contribution in [2.24, 2.45) is 0 Å². The molecular formula is C23H27N3O3S. The molecule has 0 unspecified atom stereocenters. The van der Waals surface area contributed by atoms with Crippen LogP contribution in [-0.2, 0) is 0 Å². The van der Waals surface area contributed by atoms with Crippen LogP contribution >= 0.6 is 11.3 Å². The molecule has 0 radical (unpaired) electrons. The van der Waals surface area contributed by atoms with E-state index < -0.39 is 0 Å². The van der Waals surface area contributed by atoms with Gasteiger partial charge in [0.25, 0.3) is 5.91 Å². The summed E-state index contributed by atoms with van der Waals surface area (Å²) in [5, 5.41) is 7.07. The van der Waals surface area contributed by atoms with Gasteiger partial charge in [-0.3, -0.25) is 4.79 Å². The molecule has 2 aromatic carbocycles. The lowest BCUT2D eigenvalue weighted by molar-refractivity contribution is 0.0943. The predicted molar refractivity (Wildman–Crippen MR) is 121 cm³/mol. The number of nitrogens with one attached hydrogen (secondary N) is 2. The molecule has 0 saturated carbocycles. The Morgan fingerprint density at radius 2 is 1.77 bits per heavy atom. The second-order valence-corrected chi connectivity index (χ2v) is 8.19. The van der Waals surface area contributed by atoms with Gasteiger partial charge >= 0.3 is 0 Å². The zero-order valence-electron chi connectivity index (χ0n) is 18.1. The van der Waals surface area contributed by atoms with Crippen LogP contribution in [-0.4, -0.2) is 25.1 Å². The molecule has 0 bridgehead atoms. The van der Waals surface area contributed by atoms with Crippen molar-refractivity contribution in [2.75, 3.05) is 19.5 Å². The fraction of sp³-hybridized carbons (Fsp3) is 0.304. The number of carbonyl (C=O) groups is 1. The number of anilines is 2. The van der Waals surface area contributed by atoms with Crippen molar-refractivity contribution in [3.63, 3.8) is 0 Å². The van der Waals surface area contributed by atoms with Crippen LogP contribution in [0.15, 0.2) is 36.4 Å². The first-order valence-corrected chi connectivity index (χ1v) is 10.5. The standard InChI is InChI=1S/C23H27N3O3S/c1-13-7-9-18(14(2)11-13)26-23-25-16(4)21(30-23)22(27)24-15(3)17-8-10-19(28-5)20(12-17)29-6/h7-12,15H,1-6H3,(H,24,27)(H,25,26)/t15-/m0/s1. The normalized spacial score (nSPS) is 11.7. The maximum atomic E-state index is 12.9. The Kier molecular flexibility index (Phi) is 6.62. The van der Waals surface area contributed by atoms with Gasteiger partial charge in [0.2, 0.25) is 0 Å². The number of methoxy groups -OCH3 is 2. The Morgan fingerprint density at radius 1 is 1.03 bits per heavy atom. The molecule has 158 valence electrons. The summed E-state index contributed by atoms with van der Waals surface area (Å²) < 4.78 is 10.6. The molecule has 0 saturated heterocycles. The van der Waals surface area contributed by atoms with Gasteiger partial charge in [-0.1, -0.05) is 35.1 Å². The summed E-state index contributed by atoms with van der Waals surface area (Å²) in [4.78, 5) is 18.0. The Labute approximate surface area is 181 Å². The molecular weight excluding hydrogens is 398 g/mol. The zero-order valence-corrected chi connectivity index (χ0v) is 18.9. The maximum Gasteiger partial charge on any atom is 0.263 e. The second-order valence-electron chi connectivity index (χ2n) is 7.19. The Bertz CT molecular complexity index is 1060. The van der Waals surface area contributed by atoms with E-state index in [0.717, 1.165) is 16.8 Å². The van der Waals surface area contributed by atoms with E-state index in [1.54, 1.807) is 14.2 Å². The summed E-state index contributed by atoms with van der Waals surface area (Å²) in [5.41, 5.74) is 4.95. The van der Waals surface area contributed by atoms with Gasteiger partial charge in [0, 0.05) is 5.69 Å². The van der Waals surface area contributed by atoms with Crippen molar-refractivity contribution in [3.05, 3.63) is 63.7 Å². The molecule has 0 aliphatic rings. The Balaban J connectivity index is 1.74. The molecule has 0 aliphatic carbocycles. The third-order valence-electron chi connectivity index (χ3n) is 4.88. The van der Waals surface area contributed by atoms with Crippen LogP contribution in [0.1, 0.15) is 45.0 Å². The summed E-state index contributed by atoms with van der Waals surface area (Å²) >= 11 is 1.35. The summed E-state index contributed by atoms with van der Waals surface area (Å²) in [6.45, 7) is 7.89. The second kappa shape index (κ2) is 9.17. The van der Waals surface area contributed by atoms with Gasteiger partial charge in [0.15, 0.2) is 16.6 Å². The number of hydrogen-bond donors (Lipinski definition) is 2. The first-order valence-electron chi connectivity index (χ1n) is 9.67. The number of aryl methyl sites for hydroxylation is 3. The van der Waals surface area contributed by atoms with E-state index in [1.807, 2.05) is 51.1 Å². The highest BCUT2D eigenvalue weighted by Crippen LogP contribution is 2.31. The van der Waals surface area contributed by atoms with Crippen LogP contribution in [0.4, 0.5) is 10.8 Å². The molecule has 0 aliphatic heterocycles. The van der Waals surface area contributed by atoms with Gasteiger partial charge in [-0.15, -0.1) is 0 Å². The van der Waals surface area contributed by atoms with E-state index in [9.17, 15) is 4.79 Å². The topological polar surface area (TPSA) is 72.5 Å². The lowest BCUT2D eigenvalue weighted by atomic mass is 10.1. The van der Waals surface area contributed by atoms with Crippen LogP contribution < -0.4 is 20.1 Å². The van der Waals surface area contributed by atoms with Crippen LogP contribution in [0.2, 0.25) is 0 Å². The Hall–Kier alpha value is -3.06.